The third kappa shape index (κ3) is 4.37. The first-order valence-electron chi connectivity index (χ1n) is 8.98. The van der Waals surface area contributed by atoms with Crippen LogP contribution in [-0.4, -0.2) is 39.9 Å². The Labute approximate surface area is 160 Å². The first-order chi connectivity index (χ1) is 12.8. The summed E-state index contributed by atoms with van der Waals surface area (Å²) < 4.78 is 28.2. The molecule has 27 heavy (non-hydrogen) atoms. The van der Waals surface area contributed by atoms with E-state index in [0.29, 0.717) is 11.3 Å². The van der Waals surface area contributed by atoms with E-state index < -0.39 is 10.0 Å². The van der Waals surface area contributed by atoms with E-state index in [-0.39, 0.29) is 29.8 Å². The maximum atomic E-state index is 12.7. The smallest absolute Gasteiger partial charge is 0.240 e. The van der Waals surface area contributed by atoms with Crippen molar-refractivity contribution in [2.45, 2.75) is 30.7 Å². The van der Waals surface area contributed by atoms with Crippen LogP contribution in [0.4, 0.5) is 5.69 Å². The van der Waals surface area contributed by atoms with Gasteiger partial charge in [-0.25, -0.2) is 13.1 Å². The fraction of sp³-hybridized carbons (Fsp3) is 0.350. The highest BCUT2D eigenvalue weighted by Gasteiger charge is 2.23. The largest absolute Gasteiger partial charge is 0.326 e. The number of carbonyl (C=O) groups is 1. The molecule has 2 N–H and O–H groups in total. The third-order valence-electron chi connectivity index (χ3n) is 4.87. The minimum Gasteiger partial charge on any atom is -0.326 e. The molecular formula is C20H25N3O3S. The van der Waals surface area contributed by atoms with E-state index in [9.17, 15) is 13.2 Å². The maximum Gasteiger partial charge on any atom is 0.240 e. The minimum absolute atomic E-state index is 0.0802. The fourth-order valence-corrected chi connectivity index (χ4v) is 4.31. The normalized spacial score (nSPS) is 14.9. The van der Waals surface area contributed by atoms with Crippen LogP contribution >= 0.6 is 0 Å². The molecule has 6 nitrogen and oxygen atoms in total. The highest BCUT2D eigenvalue weighted by Crippen LogP contribution is 2.26. The monoisotopic (exact) mass is 387 g/mol. The predicted octanol–water partition coefficient (Wildman–Crippen LogP) is 2.32. The van der Waals surface area contributed by atoms with Crippen molar-refractivity contribution in [3.8, 4) is 0 Å². The summed E-state index contributed by atoms with van der Waals surface area (Å²) in [5.74, 6) is -0.115. The third-order valence-corrected chi connectivity index (χ3v) is 6.30. The highest BCUT2D eigenvalue weighted by molar-refractivity contribution is 7.89. The van der Waals surface area contributed by atoms with Gasteiger partial charge in [0.05, 0.1) is 11.3 Å². The van der Waals surface area contributed by atoms with Gasteiger partial charge in [0.25, 0.3) is 0 Å². The van der Waals surface area contributed by atoms with Crippen molar-refractivity contribution >= 4 is 21.6 Å². The summed E-state index contributed by atoms with van der Waals surface area (Å²) in [7, 11) is 0.195. The molecule has 7 heteroatoms. The molecule has 0 spiro atoms. The Morgan fingerprint density at radius 3 is 2.48 bits per heavy atom. The molecule has 0 aromatic heterocycles. The molecule has 0 saturated heterocycles. The second-order valence-electron chi connectivity index (χ2n) is 6.97. The van der Waals surface area contributed by atoms with Gasteiger partial charge in [-0.3, -0.25) is 4.79 Å². The lowest BCUT2D eigenvalue weighted by Crippen LogP contribution is -2.34. The van der Waals surface area contributed by atoms with Crippen LogP contribution in [0.25, 0.3) is 0 Å². The predicted molar refractivity (Wildman–Crippen MR) is 106 cm³/mol. The van der Waals surface area contributed by atoms with Crippen molar-refractivity contribution in [1.82, 2.24) is 9.62 Å². The van der Waals surface area contributed by atoms with E-state index in [4.69, 9.17) is 0 Å². The quantitative estimate of drug-likeness (QED) is 0.764. The number of amides is 1. The van der Waals surface area contributed by atoms with Crippen LogP contribution in [0.1, 0.15) is 29.7 Å². The first-order valence-corrected chi connectivity index (χ1v) is 10.5. The van der Waals surface area contributed by atoms with Gasteiger partial charge < -0.3 is 10.2 Å². The van der Waals surface area contributed by atoms with Crippen LogP contribution in [0.2, 0.25) is 0 Å². The van der Waals surface area contributed by atoms with Crippen molar-refractivity contribution in [2.24, 2.45) is 0 Å². The van der Waals surface area contributed by atoms with E-state index in [0.717, 1.165) is 12.0 Å². The van der Waals surface area contributed by atoms with E-state index in [1.54, 1.807) is 12.1 Å². The number of fused-ring (bicyclic) bond motifs is 1. The van der Waals surface area contributed by atoms with E-state index in [1.807, 2.05) is 31.1 Å². The van der Waals surface area contributed by atoms with E-state index in [1.165, 1.54) is 11.6 Å². The lowest BCUT2D eigenvalue weighted by Gasteiger charge is -2.25. The molecule has 144 valence electrons. The van der Waals surface area contributed by atoms with Gasteiger partial charge in [0, 0.05) is 18.3 Å². The Balaban J connectivity index is 1.76. The molecule has 1 aliphatic rings. The molecule has 1 aliphatic heterocycles. The molecule has 1 unspecified atom stereocenters. The number of anilines is 1. The van der Waals surface area contributed by atoms with Crippen molar-refractivity contribution < 1.29 is 13.2 Å². The highest BCUT2D eigenvalue weighted by atomic mass is 32.2. The Morgan fingerprint density at radius 2 is 1.85 bits per heavy atom. The SMILES string of the molecule is CCc1ccc(C(CNS(=O)(=O)c2ccc3c(c2)CC(=O)N3)N(C)C)cc1. The number of rotatable bonds is 7. The van der Waals surface area contributed by atoms with Crippen LogP contribution in [-0.2, 0) is 27.7 Å². The second-order valence-corrected chi connectivity index (χ2v) is 8.74. The average molecular weight is 388 g/mol. The van der Waals surface area contributed by atoms with Gasteiger partial charge in [0.1, 0.15) is 0 Å². The topological polar surface area (TPSA) is 78.5 Å². The van der Waals surface area contributed by atoms with Gasteiger partial charge in [-0.2, -0.15) is 0 Å². The molecule has 2 aromatic carbocycles. The number of nitrogens with one attached hydrogen (secondary N) is 2. The van der Waals surface area contributed by atoms with E-state index in [2.05, 4.69) is 29.1 Å². The second kappa shape index (κ2) is 7.80. The molecule has 0 aliphatic carbocycles. The number of sulfonamides is 1. The number of carbonyl (C=O) groups excluding carboxylic acids is 1. The molecule has 3 rings (SSSR count). The van der Waals surface area contributed by atoms with Crippen LogP contribution in [0.5, 0.6) is 0 Å². The molecular weight excluding hydrogens is 362 g/mol. The van der Waals surface area contributed by atoms with Crippen molar-refractivity contribution in [2.75, 3.05) is 26.0 Å². The van der Waals surface area contributed by atoms with Gasteiger partial charge in [-0.05, 0) is 55.4 Å². The summed E-state index contributed by atoms with van der Waals surface area (Å²) in [6, 6.07) is 12.9. The van der Waals surface area contributed by atoms with Crippen molar-refractivity contribution in [1.29, 1.82) is 0 Å². The number of hydrogen-bond donors (Lipinski definition) is 2. The lowest BCUT2D eigenvalue weighted by atomic mass is 10.0. The molecule has 0 saturated carbocycles. The Hall–Kier alpha value is -2.22. The number of nitrogens with zero attached hydrogens (tertiary/aromatic N) is 1. The molecule has 1 heterocycles. The summed E-state index contributed by atoms with van der Waals surface area (Å²) in [5.41, 5.74) is 3.70. The van der Waals surface area contributed by atoms with E-state index >= 15 is 0 Å². The van der Waals surface area contributed by atoms with Gasteiger partial charge in [0.2, 0.25) is 15.9 Å². The molecule has 2 aromatic rings. The molecule has 1 atom stereocenters. The lowest BCUT2D eigenvalue weighted by molar-refractivity contribution is -0.115. The summed E-state index contributed by atoms with van der Waals surface area (Å²) in [6.45, 7) is 2.36. The summed E-state index contributed by atoms with van der Waals surface area (Å²) >= 11 is 0. The summed E-state index contributed by atoms with van der Waals surface area (Å²) in [4.78, 5) is 13.6. The summed E-state index contributed by atoms with van der Waals surface area (Å²) in [5, 5.41) is 2.71. The zero-order valence-electron chi connectivity index (χ0n) is 15.8. The number of benzene rings is 2. The van der Waals surface area contributed by atoms with Crippen LogP contribution < -0.4 is 10.0 Å². The zero-order valence-corrected chi connectivity index (χ0v) is 16.6. The Morgan fingerprint density at radius 1 is 1.15 bits per heavy atom. The van der Waals surface area contributed by atoms with Crippen LogP contribution in [0.3, 0.4) is 0 Å². The number of likely N-dealkylation sites (N-methyl/N-ethyl adjacent to an activating group) is 1. The molecule has 1 amide bonds. The summed E-state index contributed by atoms with van der Waals surface area (Å²) in [6.07, 6.45) is 1.18. The first kappa shape index (κ1) is 19.5. The Kier molecular flexibility index (Phi) is 5.64. The number of hydrogen-bond acceptors (Lipinski definition) is 4. The minimum atomic E-state index is -3.66. The Bertz CT molecular complexity index is 937. The van der Waals surface area contributed by atoms with Crippen molar-refractivity contribution in [3.63, 3.8) is 0 Å². The van der Waals surface area contributed by atoms with Gasteiger partial charge in [-0.15, -0.1) is 0 Å². The maximum absolute atomic E-state index is 12.7. The van der Waals surface area contributed by atoms with Gasteiger partial charge in [0.15, 0.2) is 0 Å². The zero-order chi connectivity index (χ0) is 19.6. The molecule has 0 fully saturated rings. The van der Waals surface area contributed by atoms with Gasteiger partial charge >= 0.3 is 0 Å². The average Bonchev–Trinajstić information content (AvgIpc) is 3.01. The molecule has 0 bridgehead atoms. The molecule has 0 radical (unpaired) electrons. The number of aryl methyl sites for hydroxylation is 1. The standard InChI is InChI=1S/C20H25N3O3S/c1-4-14-5-7-15(8-6-14)19(23(2)3)13-21-27(25,26)17-9-10-18-16(11-17)12-20(24)22-18/h5-11,19,21H,4,12-13H2,1-3H3,(H,22,24). The van der Waals surface area contributed by atoms with Crippen molar-refractivity contribution in [3.05, 3.63) is 59.2 Å². The fourth-order valence-electron chi connectivity index (χ4n) is 3.22. The van der Waals surface area contributed by atoms with Gasteiger partial charge in [-0.1, -0.05) is 31.2 Å². The van der Waals surface area contributed by atoms with Crippen LogP contribution in [0.15, 0.2) is 47.4 Å². The van der Waals surface area contributed by atoms with Crippen LogP contribution in [0, 0.1) is 0 Å².